The van der Waals surface area contributed by atoms with Gasteiger partial charge in [-0.1, -0.05) is 13.3 Å². The summed E-state index contributed by atoms with van der Waals surface area (Å²) in [4.78, 5) is 5.08. The summed E-state index contributed by atoms with van der Waals surface area (Å²) in [5, 5.41) is 13.2. The van der Waals surface area contributed by atoms with Crippen molar-refractivity contribution in [2.75, 3.05) is 12.3 Å². The molecule has 0 aliphatic rings. The smallest absolute Gasteiger partial charge is 0.180 e. The number of aliphatic hydroxyl groups is 1. The molecule has 1 rings (SSSR count). The van der Waals surface area contributed by atoms with Crippen LogP contribution >= 0.6 is 11.3 Å². The number of nitrogens with one attached hydrogen (secondary N) is 1. The lowest BCUT2D eigenvalue weighted by atomic mass is 9.97. The second-order valence-corrected chi connectivity index (χ2v) is 5.13. The van der Waals surface area contributed by atoms with Gasteiger partial charge in [0.2, 0.25) is 0 Å². The molecule has 0 radical (unpaired) electrons. The molecule has 1 heterocycles. The van der Waals surface area contributed by atoms with Gasteiger partial charge in [-0.3, -0.25) is 0 Å². The van der Waals surface area contributed by atoms with Gasteiger partial charge in [-0.2, -0.15) is 0 Å². The Morgan fingerprint density at radius 3 is 2.87 bits per heavy atom. The minimum atomic E-state index is -0.201. The molecule has 5 heteroatoms. The average Bonchev–Trinajstić information content (AvgIpc) is 2.62. The lowest BCUT2D eigenvalue weighted by molar-refractivity contribution is 0.163. The first-order valence-corrected chi connectivity index (χ1v) is 5.97. The van der Waals surface area contributed by atoms with Crippen molar-refractivity contribution in [1.29, 1.82) is 0 Å². The molecule has 0 spiro atoms. The first kappa shape index (κ1) is 12.4. The molecule has 86 valence electrons. The van der Waals surface area contributed by atoms with Crippen molar-refractivity contribution in [2.45, 2.75) is 38.8 Å². The zero-order chi connectivity index (χ0) is 11.3. The summed E-state index contributed by atoms with van der Waals surface area (Å²) in [7, 11) is 0. The fourth-order valence-corrected chi connectivity index (χ4v) is 2.10. The highest BCUT2D eigenvalue weighted by atomic mass is 32.1. The molecule has 0 saturated heterocycles. The quantitative estimate of drug-likeness (QED) is 0.689. The number of hydrogen-bond donors (Lipinski definition) is 3. The summed E-state index contributed by atoms with van der Waals surface area (Å²) in [6.07, 6.45) is 3.78. The Balaban J connectivity index is 2.47. The van der Waals surface area contributed by atoms with Crippen LogP contribution in [0.3, 0.4) is 0 Å². The van der Waals surface area contributed by atoms with E-state index in [1.807, 2.05) is 6.92 Å². The summed E-state index contributed by atoms with van der Waals surface area (Å²) in [6.45, 7) is 5.00. The topological polar surface area (TPSA) is 71.2 Å². The van der Waals surface area contributed by atoms with Crippen LogP contribution in [-0.4, -0.2) is 22.2 Å². The normalized spacial score (nSPS) is 15.1. The Kier molecular flexibility index (Phi) is 4.50. The van der Waals surface area contributed by atoms with Crippen molar-refractivity contribution in [2.24, 2.45) is 0 Å². The zero-order valence-electron chi connectivity index (χ0n) is 9.29. The Morgan fingerprint density at radius 1 is 1.67 bits per heavy atom. The summed E-state index contributed by atoms with van der Waals surface area (Å²) in [5.41, 5.74) is 5.34. The van der Waals surface area contributed by atoms with Gasteiger partial charge in [0.15, 0.2) is 5.13 Å². The van der Waals surface area contributed by atoms with E-state index >= 15 is 0 Å². The first-order chi connectivity index (χ1) is 7.09. The van der Waals surface area contributed by atoms with Gasteiger partial charge in [0.05, 0.1) is 6.61 Å². The molecule has 1 atom stereocenters. The molecule has 0 fully saturated rings. The molecule has 0 bridgehead atoms. The van der Waals surface area contributed by atoms with E-state index in [9.17, 15) is 5.11 Å². The number of hydrogen-bond acceptors (Lipinski definition) is 5. The summed E-state index contributed by atoms with van der Waals surface area (Å²) in [6, 6.07) is 0. The van der Waals surface area contributed by atoms with E-state index in [0.29, 0.717) is 11.7 Å². The molecule has 0 amide bonds. The number of thiazole rings is 1. The van der Waals surface area contributed by atoms with Gasteiger partial charge in [-0.15, -0.1) is 11.3 Å². The van der Waals surface area contributed by atoms with E-state index in [-0.39, 0.29) is 12.1 Å². The lowest BCUT2D eigenvalue weighted by Gasteiger charge is -2.28. The Bertz CT molecular complexity index is 303. The molecule has 15 heavy (non-hydrogen) atoms. The van der Waals surface area contributed by atoms with E-state index < -0.39 is 0 Å². The van der Waals surface area contributed by atoms with Crippen LogP contribution in [0.1, 0.15) is 31.6 Å². The first-order valence-electron chi connectivity index (χ1n) is 5.15. The van der Waals surface area contributed by atoms with E-state index in [1.165, 1.54) is 11.3 Å². The maximum atomic E-state index is 9.30. The molecule has 0 aromatic carbocycles. The van der Waals surface area contributed by atoms with E-state index in [0.717, 1.165) is 17.7 Å². The highest BCUT2D eigenvalue weighted by Gasteiger charge is 2.21. The highest BCUT2D eigenvalue weighted by molar-refractivity contribution is 7.15. The molecule has 0 aliphatic heterocycles. The molecule has 0 saturated carbocycles. The predicted octanol–water partition coefficient (Wildman–Crippen LogP) is 1.37. The van der Waals surface area contributed by atoms with Crippen LogP contribution in [0.5, 0.6) is 0 Å². The monoisotopic (exact) mass is 229 g/mol. The number of anilines is 1. The van der Waals surface area contributed by atoms with Crippen LogP contribution in [-0.2, 0) is 6.54 Å². The van der Waals surface area contributed by atoms with Crippen LogP contribution in [0.25, 0.3) is 0 Å². The Labute approximate surface area is 94.5 Å². The second kappa shape index (κ2) is 5.44. The number of aliphatic hydroxyl groups excluding tert-OH is 1. The van der Waals surface area contributed by atoms with Crippen molar-refractivity contribution >= 4 is 16.5 Å². The van der Waals surface area contributed by atoms with Crippen molar-refractivity contribution < 1.29 is 5.11 Å². The van der Waals surface area contributed by atoms with Crippen LogP contribution in [0.4, 0.5) is 5.13 Å². The van der Waals surface area contributed by atoms with Crippen LogP contribution in [0.15, 0.2) is 6.20 Å². The molecule has 1 unspecified atom stereocenters. The largest absolute Gasteiger partial charge is 0.394 e. The fraction of sp³-hybridized carbons (Fsp3) is 0.700. The maximum Gasteiger partial charge on any atom is 0.180 e. The molecule has 0 aliphatic carbocycles. The van der Waals surface area contributed by atoms with Crippen molar-refractivity contribution in [1.82, 2.24) is 10.3 Å². The van der Waals surface area contributed by atoms with E-state index in [4.69, 9.17) is 5.73 Å². The van der Waals surface area contributed by atoms with Crippen LogP contribution in [0.2, 0.25) is 0 Å². The third-order valence-corrected chi connectivity index (χ3v) is 3.24. The Morgan fingerprint density at radius 2 is 2.40 bits per heavy atom. The molecule has 4 N–H and O–H groups in total. The maximum absolute atomic E-state index is 9.30. The highest BCUT2D eigenvalue weighted by Crippen LogP contribution is 2.17. The van der Waals surface area contributed by atoms with E-state index in [1.54, 1.807) is 6.20 Å². The van der Waals surface area contributed by atoms with Gasteiger partial charge in [-0.05, 0) is 13.3 Å². The van der Waals surface area contributed by atoms with Gasteiger partial charge in [0, 0.05) is 23.2 Å². The molecule has 1 aromatic heterocycles. The van der Waals surface area contributed by atoms with Crippen LogP contribution in [0, 0.1) is 0 Å². The number of nitrogens with two attached hydrogens (primary N) is 1. The summed E-state index contributed by atoms with van der Waals surface area (Å²) >= 11 is 1.48. The average molecular weight is 229 g/mol. The Hall–Kier alpha value is -0.650. The molecular formula is C10H19N3OS. The van der Waals surface area contributed by atoms with Gasteiger partial charge in [0.25, 0.3) is 0 Å². The number of aromatic nitrogens is 1. The molecular weight excluding hydrogens is 210 g/mol. The molecule has 4 nitrogen and oxygen atoms in total. The minimum Gasteiger partial charge on any atom is -0.394 e. The van der Waals surface area contributed by atoms with Gasteiger partial charge < -0.3 is 16.2 Å². The summed E-state index contributed by atoms with van der Waals surface area (Å²) < 4.78 is 0. The summed E-state index contributed by atoms with van der Waals surface area (Å²) in [5.74, 6) is 0. The second-order valence-electron chi connectivity index (χ2n) is 3.99. The number of nitrogens with zero attached hydrogens (tertiary/aromatic N) is 1. The third kappa shape index (κ3) is 3.77. The number of nitrogen functional groups attached to an aromatic ring is 1. The van der Waals surface area contributed by atoms with Gasteiger partial charge in [-0.25, -0.2) is 4.98 Å². The lowest BCUT2D eigenvalue weighted by Crippen LogP contribution is -2.44. The minimum absolute atomic E-state index is 0.148. The SMILES string of the molecule is CCCC(C)(CO)NCc1cnc(N)s1. The third-order valence-electron chi connectivity index (χ3n) is 2.41. The number of rotatable bonds is 6. The zero-order valence-corrected chi connectivity index (χ0v) is 10.1. The van der Waals surface area contributed by atoms with Gasteiger partial charge >= 0.3 is 0 Å². The fourth-order valence-electron chi connectivity index (χ4n) is 1.48. The van der Waals surface area contributed by atoms with Gasteiger partial charge in [0.1, 0.15) is 0 Å². The standard InChI is InChI=1S/C10H19N3OS/c1-3-4-10(2,7-14)13-6-8-5-12-9(11)15-8/h5,13-14H,3-4,6-7H2,1-2H3,(H2,11,12). The van der Waals surface area contributed by atoms with Crippen LogP contribution < -0.4 is 11.1 Å². The van der Waals surface area contributed by atoms with E-state index in [2.05, 4.69) is 17.2 Å². The van der Waals surface area contributed by atoms with Crippen molar-refractivity contribution in [3.8, 4) is 0 Å². The molecule has 1 aromatic rings. The predicted molar refractivity (Wildman–Crippen MR) is 63.8 cm³/mol. The van der Waals surface area contributed by atoms with Crippen molar-refractivity contribution in [3.63, 3.8) is 0 Å². The van der Waals surface area contributed by atoms with Crippen molar-refractivity contribution in [3.05, 3.63) is 11.1 Å².